The van der Waals surface area contributed by atoms with E-state index < -0.39 is 10.0 Å². The van der Waals surface area contributed by atoms with Gasteiger partial charge in [-0.1, -0.05) is 25.5 Å². The summed E-state index contributed by atoms with van der Waals surface area (Å²) in [7, 11) is -3.17. The highest BCUT2D eigenvalue weighted by Crippen LogP contribution is 2.13. The first kappa shape index (κ1) is 17.7. The number of sulfonamides is 1. The predicted octanol–water partition coefficient (Wildman–Crippen LogP) is 2.14. The van der Waals surface area contributed by atoms with E-state index in [1.54, 1.807) is 4.90 Å². The molecule has 1 aliphatic heterocycles. The average Bonchev–Trinajstić information content (AvgIpc) is 2.53. The van der Waals surface area contributed by atoms with Crippen molar-refractivity contribution in [3.05, 3.63) is 29.8 Å². The van der Waals surface area contributed by atoms with Crippen LogP contribution in [0.5, 0.6) is 0 Å². The largest absolute Gasteiger partial charge is 0.322 e. The van der Waals surface area contributed by atoms with Crippen molar-refractivity contribution in [2.45, 2.75) is 26.2 Å². The van der Waals surface area contributed by atoms with Crippen molar-refractivity contribution in [1.82, 2.24) is 9.21 Å². The Morgan fingerprint density at radius 2 is 1.74 bits per heavy atom. The van der Waals surface area contributed by atoms with Crippen LogP contribution in [0.2, 0.25) is 0 Å². The lowest BCUT2D eigenvalue weighted by Crippen LogP contribution is -2.51. The fraction of sp³-hybridized carbons (Fsp3) is 0.562. The molecule has 2 rings (SSSR count). The van der Waals surface area contributed by atoms with Crippen LogP contribution in [0.4, 0.5) is 10.5 Å². The Hall–Kier alpha value is -1.60. The molecule has 0 aromatic heterocycles. The third-order valence-electron chi connectivity index (χ3n) is 4.02. The van der Waals surface area contributed by atoms with Crippen molar-refractivity contribution in [3.8, 4) is 0 Å². The Labute approximate surface area is 138 Å². The molecule has 0 unspecified atom stereocenters. The molecule has 0 radical (unpaired) electrons. The lowest BCUT2D eigenvalue weighted by molar-refractivity contribution is 0.184. The van der Waals surface area contributed by atoms with E-state index in [4.69, 9.17) is 0 Å². The number of carbonyl (C=O) groups excluding carboxylic acids is 1. The summed E-state index contributed by atoms with van der Waals surface area (Å²) in [5.74, 6) is 0. The summed E-state index contributed by atoms with van der Waals surface area (Å²) in [5.41, 5.74) is 2.03. The van der Waals surface area contributed by atoms with Crippen LogP contribution in [0.3, 0.4) is 0 Å². The van der Waals surface area contributed by atoms with Crippen LogP contribution >= 0.6 is 0 Å². The van der Waals surface area contributed by atoms with Crippen molar-refractivity contribution in [1.29, 1.82) is 0 Å². The maximum absolute atomic E-state index is 12.2. The maximum Gasteiger partial charge on any atom is 0.321 e. The number of carbonyl (C=O) groups is 1. The van der Waals surface area contributed by atoms with Crippen molar-refractivity contribution in [2.24, 2.45) is 0 Å². The summed E-state index contributed by atoms with van der Waals surface area (Å²) in [6.45, 7) is 3.68. The lowest BCUT2D eigenvalue weighted by Gasteiger charge is -2.33. The summed E-state index contributed by atoms with van der Waals surface area (Å²) < 4.78 is 24.3. The molecule has 0 aliphatic carbocycles. The SMILES string of the molecule is CCCCc1ccc(NC(=O)N2CCN(S(C)(=O)=O)CC2)cc1. The highest BCUT2D eigenvalue weighted by Gasteiger charge is 2.25. The summed E-state index contributed by atoms with van der Waals surface area (Å²) in [6, 6.07) is 7.71. The summed E-state index contributed by atoms with van der Waals surface area (Å²) in [4.78, 5) is 13.9. The summed E-state index contributed by atoms with van der Waals surface area (Å²) in [6.07, 6.45) is 4.58. The highest BCUT2D eigenvalue weighted by atomic mass is 32.2. The van der Waals surface area contributed by atoms with E-state index in [0.29, 0.717) is 26.2 Å². The monoisotopic (exact) mass is 339 g/mol. The molecule has 1 aromatic rings. The zero-order valence-corrected chi connectivity index (χ0v) is 14.6. The summed E-state index contributed by atoms with van der Waals surface area (Å²) >= 11 is 0. The zero-order valence-electron chi connectivity index (χ0n) is 13.8. The molecule has 0 spiro atoms. The molecule has 2 amide bonds. The molecule has 1 aliphatic rings. The molecule has 0 atom stereocenters. The Kier molecular flexibility index (Phi) is 6.01. The number of piperazine rings is 1. The van der Waals surface area contributed by atoms with Gasteiger partial charge in [-0.25, -0.2) is 13.2 Å². The number of amides is 2. The fourth-order valence-corrected chi connectivity index (χ4v) is 3.39. The highest BCUT2D eigenvalue weighted by molar-refractivity contribution is 7.88. The van der Waals surface area contributed by atoms with Crippen LogP contribution < -0.4 is 5.32 Å². The number of unbranched alkanes of at least 4 members (excludes halogenated alkanes) is 1. The molecule has 0 bridgehead atoms. The van der Waals surface area contributed by atoms with Crippen LogP contribution in [0, 0.1) is 0 Å². The van der Waals surface area contributed by atoms with E-state index in [1.807, 2.05) is 24.3 Å². The second-order valence-corrected chi connectivity index (χ2v) is 7.86. The van der Waals surface area contributed by atoms with Gasteiger partial charge in [0.05, 0.1) is 6.26 Å². The number of benzene rings is 1. The van der Waals surface area contributed by atoms with Crippen molar-refractivity contribution in [2.75, 3.05) is 37.8 Å². The van der Waals surface area contributed by atoms with Gasteiger partial charge in [0.1, 0.15) is 0 Å². The third-order valence-corrected chi connectivity index (χ3v) is 5.32. The van der Waals surface area contributed by atoms with Gasteiger partial charge >= 0.3 is 6.03 Å². The molecule has 6 nitrogen and oxygen atoms in total. The molecule has 1 aromatic carbocycles. The van der Waals surface area contributed by atoms with E-state index in [0.717, 1.165) is 24.9 Å². The minimum atomic E-state index is -3.17. The Bertz CT molecular complexity index is 620. The van der Waals surface area contributed by atoms with Gasteiger partial charge in [0.15, 0.2) is 0 Å². The molecular weight excluding hydrogens is 314 g/mol. The predicted molar refractivity (Wildman–Crippen MR) is 92.1 cm³/mol. The molecule has 128 valence electrons. The van der Waals surface area contributed by atoms with Crippen LogP contribution in [0.25, 0.3) is 0 Å². The van der Waals surface area contributed by atoms with Gasteiger partial charge in [0, 0.05) is 31.9 Å². The molecule has 1 heterocycles. The van der Waals surface area contributed by atoms with E-state index in [1.165, 1.54) is 16.1 Å². The first-order valence-electron chi connectivity index (χ1n) is 8.00. The van der Waals surface area contributed by atoms with Gasteiger partial charge < -0.3 is 10.2 Å². The number of rotatable bonds is 5. The number of aryl methyl sites for hydroxylation is 1. The van der Waals surface area contributed by atoms with Gasteiger partial charge in [-0.2, -0.15) is 4.31 Å². The molecule has 1 saturated heterocycles. The normalized spacial score (nSPS) is 16.3. The second-order valence-electron chi connectivity index (χ2n) is 5.88. The second kappa shape index (κ2) is 7.79. The van der Waals surface area contributed by atoms with Crippen LogP contribution in [0.1, 0.15) is 25.3 Å². The van der Waals surface area contributed by atoms with Gasteiger partial charge in [0.2, 0.25) is 10.0 Å². The first-order valence-corrected chi connectivity index (χ1v) is 9.85. The van der Waals surface area contributed by atoms with Crippen molar-refractivity contribution in [3.63, 3.8) is 0 Å². The Morgan fingerprint density at radius 3 is 2.26 bits per heavy atom. The summed E-state index contributed by atoms with van der Waals surface area (Å²) in [5, 5.41) is 2.87. The van der Waals surface area contributed by atoms with Crippen LogP contribution in [-0.4, -0.2) is 56.1 Å². The lowest BCUT2D eigenvalue weighted by atomic mass is 10.1. The quantitative estimate of drug-likeness (QED) is 0.893. The zero-order chi connectivity index (χ0) is 16.9. The standard InChI is InChI=1S/C16H25N3O3S/c1-3-4-5-14-6-8-15(9-7-14)17-16(20)18-10-12-19(13-11-18)23(2,21)22/h6-9H,3-5,10-13H2,1-2H3,(H,17,20). The number of hydrogen-bond donors (Lipinski definition) is 1. The minimum Gasteiger partial charge on any atom is -0.322 e. The van der Waals surface area contributed by atoms with E-state index in [2.05, 4.69) is 12.2 Å². The molecule has 7 heteroatoms. The number of anilines is 1. The average molecular weight is 339 g/mol. The van der Waals surface area contributed by atoms with E-state index >= 15 is 0 Å². The number of urea groups is 1. The van der Waals surface area contributed by atoms with Crippen LogP contribution in [0.15, 0.2) is 24.3 Å². The third kappa shape index (κ3) is 5.21. The minimum absolute atomic E-state index is 0.181. The first-order chi connectivity index (χ1) is 10.9. The van der Waals surface area contributed by atoms with Gasteiger partial charge in [0.25, 0.3) is 0 Å². The number of hydrogen-bond acceptors (Lipinski definition) is 3. The van der Waals surface area contributed by atoms with Gasteiger partial charge in [-0.15, -0.1) is 0 Å². The maximum atomic E-state index is 12.2. The molecule has 1 fully saturated rings. The van der Waals surface area contributed by atoms with Crippen LogP contribution in [-0.2, 0) is 16.4 Å². The molecule has 23 heavy (non-hydrogen) atoms. The number of nitrogens with zero attached hydrogens (tertiary/aromatic N) is 2. The van der Waals surface area contributed by atoms with E-state index in [9.17, 15) is 13.2 Å². The van der Waals surface area contributed by atoms with E-state index in [-0.39, 0.29) is 6.03 Å². The molecular formula is C16H25N3O3S. The number of nitrogens with one attached hydrogen (secondary N) is 1. The van der Waals surface area contributed by atoms with Gasteiger partial charge in [-0.3, -0.25) is 0 Å². The fourth-order valence-electron chi connectivity index (χ4n) is 2.56. The van der Waals surface area contributed by atoms with Crippen molar-refractivity contribution >= 4 is 21.7 Å². The Balaban J connectivity index is 1.85. The molecule has 1 N–H and O–H groups in total. The smallest absolute Gasteiger partial charge is 0.321 e. The Morgan fingerprint density at radius 1 is 1.13 bits per heavy atom. The topological polar surface area (TPSA) is 69.7 Å². The van der Waals surface area contributed by atoms with Crippen molar-refractivity contribution < 1.29 is 13.2 Å². The molecule has 0 saturated carbocycles. The van der Waals surface area contributed by atoms with Gasteiger partial charge in [-0.05, 0) is 30.5 Å².